The molecule has 1 heterocycles. The van der Waals surface area contributed by atoms with Crippen LogP contribution in [-0.2, 0) is 11.3 Å². The fourth-order valence-electron chi connectivity index (χ4n) is 2.89. The van der Waals surface area contributed by atoms with Crippen molar-refractivity contribution in [1.82, 2.24) is 4.90 Å². The van der Waals surface area contributed by atoms with Crippen molar-refractivity contribution in [3.05, 3.63) is 63.9 Å². The second kappa shape index (κ2) is 7.09. The van der Waals surface area contributed by atoms with E-state index in [-0.39, 0.29) is 17.8 Å². The van der Waals surface area contributed by atoms with Gasteiger partial charge in [0.1, 0.15) is 5.82 Å². The van der Waals surface area contributed by atoms with E-state index in [0.717, 1.165) is 5.56 Å². The zero-order chi connectivity index (χ0) is 17.3. The van der Waals surface area contributed by atoms with Crippen molar-refractivity contribution >= 4 is 34.8 Å². The van der Waals surface area contributed by atoms with Crippen LogP contribution >= 0.6 is 23.2 Å². The molecule has 3 nitrogen and oxygen atoms in total. The summed E-state index contributed by atoms with van der Waals surface area (Å²) in [5, 5.41) is 1.01. The molecular formula is C18H17Cl2FN2O. The molecule has 2 aromatic carbocycles. The van der Waals surface area contributed by atoms with Crippen molar-refractivity contribution in [3.8, 4) is 0 Å². The normalized spacial score (nSPS) is 18.9. The van der Waals surface area contributed by atoms with Crippen molar-refractivity contribution in [3.63, 3.8) is 0 Å². The SMILES string of the molecule is CC1C(=O)N(c2ccc(Cl)cc2Cl)CCN1Cc1ccc(F)cc1. The van der Waals surface area contributed by atoms with Gasteiger partial charge in [0.2, 0.25) is 5.91 Å². The Morgan fingerprint density at radius 2 is 1.83 bits per heavy atom. The number of hydrogen-bond donors (Lipinski definition) is 0. The molecule has 0 bridgehead atoms. The summed E-state index contributed by atoms with van der Waals surface area (Å²) in [4.78, 5) is 16.5. The van der Waals surface area contributed by atoms with Crippen LogP contribution in [0.1, 0.15) is 12.5 Å². The molecule has 0 radical (unpaired) electrons. The van der Waals surface area contributed by atoms with Gasteiger partial charge < -0.3 is 4.90 Å². The van der Waals surface area contributed by atoms with Gasteiger partial charge in [-0.25, -0.2) is 4.39 Å². The van der Waals surface area contributed by atoms with Crippen LogP contribution < -0.4 is 4.90 Å². The smallest absolute Gasteiger partial charge is 0.244 e. The number of halogens is 3. The highest BCUT2D eigenvalue weighted by molar-refractivity contribution is 6.36. The van der Waals surface area contributed by atoms with E-state index in [4.69, 9.17) is 23.2 Å². The first kappa shape index (κ1) is 17.2. The van der Waals surface area contributed by atoms with Gasteiger partial charge in [0, 0.05) is 24.7 Å². The van der Waals surface area contributed by atoms with E-state index in [1.165, 1.54) is 12.1 Å². The molecule has 3 rings (SSSR count). The fraction of sp³-hybridized carbons (Fsp3) is 0.278. The second-order valence-corrected chi connectivity index (χ2v) is 6.70. The number of carbonyl (C=O) groups is 1. The van der Waals surface area contributed by atoms with Crippen molar-refractivity contribution < 1.29 is 9.18 Å². The molecule has 1 atom stereocenters. The highest BCUT2D eigenvalue weighted by Gasteiger charge is 2.33. The predicted molar refractivity (Wildman–Crippen MR) is 95.1 cm³/mol. The summed E-state index contributed by atoms with van der Waals surface area (Å²) < 4.78 is 13.0. The average molecular weight is 367 g/mol. The Balaban J connectivity index is 1.74. The maximum atomic E-state index is 13.0. The molecule has 126 valence electrons. The lowest BCUT2D eigenvalue weighted by atomic mass is 10.1. The monoisotopic (exact) mass is 366 g/mol. The number of rotatable bonds is 3. The van der Waals surface area contributed by atoms with Gasteiger partial charge in [-0.3, -0.25) is 9.69 Å². The maximum absolute atomic E-state index is 13.0. The molecule has 0 spiro atoms. The molecule has 1 aliphatic heterocycles. The minimum absolute atomic E-state index is 0.00687. The molecule has 1 saturated heterocycles. The topological polar surface area (TPSA) is 23.6 Å². The molecule has 0 aliphatic carbocycles. The summed E-state index contributed by atoms with van der Waals surface area (Å²) in [5.74, 6) is -0.266. The number of anilines is 1. The van der Waals surface area contributed by atoms with Gasteiger partial charge in [0.15, 0.2) is 0 Å². The molecule has 2 aromatic rings. The zero-order valence-corrected chi connectivity index (χ0v) is 14.7. The summed E-state index contributed by atoms with van der Waals surface area (Å²) in [6.45, 7) is 3.74. The van der Waals surface area contributed by atoms with Gasteiger partial charge in [-0.1, -0.05) is 35.3 Å². The molecule has 6 heteroatoms. The highest BCUT2D eigenvalue weighted by atomic mass is 35.5. The van der Waals surface area contributed by atoms with Crippen LogP contribution in [0.4, 0.5) is 10.1 Å². The summed E-state index contributed by atoms with van der Waals surface area (Å²) in [5.41, 5.74) is 1.66. The van der Waals surface area contributed by atoms with Gasteiger partial charge >= 0.3 is 0 Å². The van der Waals surface area contributed by atoms with Crippen LogP contribution in [0.3, 0.4) is 0 Å². The zero-order valence-electron chi connectivity index (χ0n) is 13.2. The molecule has 1 amide bonds. The largest absolute Gasteiger partial charge is 0.308 e. The first-order chi connectivity index (χ1) is 11.5. The first-order valence-electron chi connectivity index (χ1n) is 7.70. The van der Waals surface area contributed by atoms with Gasteiger partial charge in [0.05, 0.1) is 16.8 Å². The van der Waals surface area contributed by atoms with Gasteiger partial charge in [-0.05, 0) is 42.8 Å². The molecule has 0 aromatic heterocycles. The predicted octanol–water partition coefficient (Wildman–Crippen LogP) is 4.37. The third kappa shape index (κ3) is 3.56. The lowest BCUT2D eigenvalue weighted by Crippen LogP contribution is -2.55. The van der Waals surface area contributed by atoms with Crippen molar-refractivity contribution in [2.24, 2.45) is 0 Å². The van der Waals surface area contributed by atoms with Gasteiger partial charge in [0.25, 0.3) is 0 Å². The molecule has 1 unspecified atom stereocenters. The standard InChI is InChI=1S/C18H17Cl2FN2O/c1-12-18(24)23(17-7-4-14(19)10-16(17)20)9-8-22(12)11-13-2-5-15(21)6-3-13/h2-7,10,12H,8-9,11H2,1H3. The van der Waals surface area contributed by atoms with Gasteiger partial charge in [-0.2, -0.15) is 0 Å². The molecule has 0 saturated carbocycles. The summed E-state index contributed by atoms with van der Waals surface area (Å²) in [6, 6.07) is 11.2. The molecular weight excluding hydrogens is 350 g/mol. The van der Waals surface area contributed by atoms with E-state index in [2.05, 4.69) is 4.90 Å². The molecule has 0 N–H and O–H groups in total. The first-order valence-corrected chi connectivity index (χ1v) is 8.46. The molecule has 24 heavy (non-hydrogen) atoms. The number of nitrogens with zero attached hydrogens (tertiary/aromatic N) is 2. The number of hydrogen-bond acceptors (Lipinski definition) is 2. The quantitative estimate of drug-likeness (QED) is 0.804. The van der Waals surface area contributed by atoms with E-state index in [1.807, 2.05) is 6.92 Å². The Kier molecular flexibility index (Phi) is 5.09. The van der Waals surface area contributed by atoms with Crippen LogP contribution in [0.25, 0.3) is 0 Å². The number of amides is 1. The van der Waals surface area contributed by atoms with Crippen molar-refractivity contribution in [2.75, 3.05) is 18.0 Å². The Labute approximate surface area is 150 Å². The number of piperazine rings is 1. The van der Waals surface area contributed by atoms with Crippen LogP contribution in [0.15, 0.2) is 42.5 Å². The average Bonchev–Trinajstić information content (AvgIpc) is 2.55. The highest BCUT2D eigenvalue weighted by Crippen LogP contribution is 2.31. The lowest BCUT2D eigenvalue weighted by Gasteiger charge is -2.39. The maximum Gasteiger partial charge on any atom is 0.244 e. The van der Waals surface area contributed by atoms with E-state index < -0.39 is 0 Å². The fourth-order valence-corrected chi connectivity index (χ4v) is 3.40. The van der Waals surface area contributed by atoms with Crippen molar-refractivity contribution in [1.29, 1.82) is 0 Å². The Morgan fingerprint density at radius 3 is 2.50 bits per heavy atom. The Bertz CT molecular complexity index is 751. The van der Waals surface area contributed by atoms with E-state index in [1.54, 1.807) is 35.2 Å². The van der Waals surface area contributed by atoms with Crippen molar-refractivity contribution in [2.45, 2.75) is 19.5 Å². The van der Waals surface area contributed by atoms with Crippen LogP contribution in [0.5, 0.6) is 0 Å². The number of benzene rings is 2. The van der Waals surface area contributed by atoms with E-state index >= 15 is 0 Å². The number of carbonyl (C=O) groups excluding carboxylic acids is 1. The molecule has 1 fully saturated rings. The van der Waals surface area contributed by atoms with E-state index in [0.29, 0.717) is 35.4 Å². The minimum Gasteiger partial charge on any atom is -0.308 e. The van der Waals surface area contributed by atoms with Crippen LogP contribution in [0, 0.1) is 5.82 Å². The Hall–Kier alpha value is -1.62. The Morgan fingerprint density at radius 1 is 1.12 bits per heavy atom. The van der Waals surface area contributed by atoms with E-state index in [9.17, 15) is 9.18 Å². The van der Waals surface area contributed by atoms with Gasteiger partial charge in [-0.15, -0.1) is 0 Å². The molecule has 1 aliphatic rings. The van der Waals surface area contributed by atoms with Crippen LogP contribution in [0.2, 0.25) is 10.0 Å². The third-order valence-electron chi connectivity index (χ3n) is 4.28. The third-order valence-corrected chi connectivity index (χ3v) is 4.82. The lowest BCUT2D eigenvalue weighted by molar-refractivity contribution is -0.125. The van der Waals surface area contributed by atoms with Crippen LogP contribution in [-0.4, -0.2) is 29.9 Å². The summed E-state index contributed by atoms with van der Waals surface area (Å²) in [7, 11) is 0. The second-order valence-electron chi connectivity index (χ2n) is 5.86. The minimum atomic E-state index is -0.282. The summed E-state index contributed by atoms with van der Waals surface area (Å²) in [6.07, 6.45) is 0. The summed E-state index contributed by atoms with van der Waals surface area (Å²) >= 11 is 12.2.